The lowest BCUT2D eigenvalue weighted by molar-refractivity contribution is 0.306. The summed E-state index contributed by atoms with van der Waals surface area (Å²) in [7, 11) is 3.81. The van der Waals surface area contributed by atoms with E-state index in [0.29, 0.717) is 0 Å². The monoisotopic (exact) mass is 300 g/mol. The van der Waals surface area contributed by atoms with Gasteiger partial charge in [-0.05, 0) is 30.7 Å². The average Bonchev–Trinajstić information content (AvgIpc) is 3.04. The van der Waals surface area contributed by atoms with E-state index in [4.69, 9.17) is 4.74 Å². The summed E-state index contributed by atoms with van der Waals surface area (Å²) in [6.07, 6.45) is 8.89. The second kappa shape index (κ2) is 8.22. The van der Waals surface area contributed by atoms with Gasteiger partial charge in [0.1, 0.15) is 12.1 Å². The van der Waals surface area contributed by atoms with E-state index in [0.717, 1.165) is 30.2 Å². The van der Waals surface area contributed by atoms with Crippen molar-refractivity contribution in [1.82, 2.24) is 14.6 Å². The zero-order valence-corrected chi connectivity index (χ0v) is 13.6. The van der Waals surface area contributed by atoms with Crippen LogP contribution in [0, 0.1) is 0 Å². The minimum Gasteiger partial charge on any atom is -0.494 e. The standard InChI is InChI=1S/C17H24N4O/c1-4-5-6-13-22-16-9-7-15(8-10-16)17(19-20(2)3)21-12-11-18-14-21/h7-12,14H,4-6,13H2,1-3H3. The van der Waals surface area contributed by atoms with Gasteiger partial charge in [-0.2, -0.15) is 5.10 Å². The maximum atomic E-state index is 5.75. The molecule has 0 N–H and O–H groups in total. The van der Waals surface area contributed by atoms with Gasteiger partial charge in [0.15, 0.2) is 5.84 Å². The summed E-state index contributed by atoms with van der Waals surface area (Å²) in [5.74, 6) is 1.73. The van der Waals surface area contributed by atoms with Crippen molar-refractivity contribution in [2.75, 3.05) is 20.7 Å². The fourth-order valence-corrected chi connectivity index (χ4v) is 2.07. The molecule has 0 spiro atoms. The number of nitrogens with zero attached hydrogens (tertiary/aromatic N) is 4. The predicted octanol–water partition coefficient (Wildman–Crippen LogP) is 3.22. The largest absolute Gasteiger partial charge is 0.494 e. The van der Waals surface area contributed by atoms with Crippen LogP contribution in [-0.2, 0) is 0 Å². The Morgan fingerprint density at radius 2 is 2.00 bits per heavy atom. The van der Waals surface area contributed by atoms with Gasteiger partial charge in [-0.25, -0.2) is 4.98 Å². The number of aromatic nitrogens is 2. The molecule has 0 unspecified atom stereocenters. The van der Waals surface area contributed by atoms with E-state index in [9.17, 15) is 0 Å². The Labute approximate surface area is 132 Å². The highest BCUT2D eigenvalue weighted by molar-refractivity contribution is 6.00. The van der Waals surface area contributed by atoms with Crippen molar-refractivity contribution < 1.29 is 4.74 Å². The molecule has 0 saturated heterocycles. The molecule has 118 valence electrons. The first-order chi connectivity index (χ1) is 10.7. The van der Waals surface area contributed by atoms with Crippen LogP contribution in [-0.4, -0.2) is 41.1 Å². The lowest BCUT2D eigenvalue weighted by Crippen LogP contribution is -2.17. The second-order valence-corrected chi connectivity index (χ2v) is 5.32. The summed E-state index contributed by atoms with van der Waals surface area (Å²) in [4.78, 5) is 4.09. The third-order valence-electron chi connectivity index (χ3n) is 3.17. The molecule has 1 aromatic heterocycles. The molecule has 0 aliphatic rings. The molecule has 0 atom stereocenters. The fourth-order valence-electron chi connectivity index (χ4n) is 2.07. The van der Waals surface area contributed by atoms with E-state index < -0.39 is 0 Å². The number of hydrazone groups is 1. The number of benzene rings is 1. The van der Waals surface area contributed by atoms with Crippen LogP contribution in [0.25, 0.3) is 0 Å². The van der Waals surface area contributed by atoms with Crippen molar-refractivity contribution in [2.45, 2.75) is 26.2 Å². The third kappa shape index (κ3) is 4.62. The summed E-state index contributed by atoms with van der Waals surface area (Å²) in [5, 5.41) is 6.32. The minimum absolute atomic E-state index is 0.771. The molecule has 5 heteroatoms. The molecule has 0 aliphatic heterocycles. The second-order valence-electron chi connectivity index (χ2n) is 5.32. The molecule has 1 heterocycles. The first kappa shape index (κ1) is 16.1. The van der Waals surface area contributed by atoms with Crippen LogP contribution in [0.4, 0.5) is 0 Å². The molecule has 0 fully saturated rings. The Hall–Kier alpha value is -2.30. The molecule has 0 saturated carbocycles. The smallest absolute Gasteiger partial charge is 0.165 e. The SMILES string of the molecule is CCCCCOc1ccc(C(=NN(C)C)n2ccnc2)cc1. The molecule has 5 nitrogen and oxygen atoms in total. The zero-order chi connectivity index (χ0) is 15.8. The summed E-state index contributed by atoms with van der Waals surface area (Å²) < 4.78 is 7.65. The number of hydrogen-bond acceptors (Lipinski definition) is 4. The molecule has 0 radical (unpaired) electrons. The van der Waals surface area contributed by atoms with Crippen LogP contribution in [0.1, 0.15) is 31.7 Å². The van der Waals surface area contributed by atoms with Gasteiger partial charge in [-0.15, -0.1) is 0 Å². The third-order valence-corrected chi connectivity index (χ3v) is 3.17. The first-order valence-electron chi connectivity index (χ1n) is 7.68. The lowest BCUT2D eigenvalue weighted by atomic mass is 10.2. The van der Waals surface area contributed by atoms with Crippen molar-refractivity contribution in [3.05, 3.63) is 48.5 Å². The fraction of sp³-hybridized carbons (Fsp3) is 0.412. The van der Waals surface area contributed by atoms with Crippen molar-refractivity contribution in [2.24, 2.45) is 5.10 Å². The van der Waals surface area contributed by atoms with Crippen molar-refractivity contribution >= 4 is 5.84 Å². The Morgan fingerprint density at radius 1 is 1.23 bits per heavy atom. The van der Waals surface area contributed by atoms with Crippen molar-refractivity contribution in [3.8, 4) is 5.75 Å². The van der Waals surface area contributed by atoms with Crippen LogP contribution in [0.5, 0.6) is 5.75 Å². The van der Waals surface area contributed by atoms with Gasteiger partial charge >= 0.3 is 0 Å². The number of ether oxygens (including phenoxy) is 1. The Kier molecular flexibility index (Phi) is 6.01. The molecule has 22 heavy (non-hydrogen) atoms. The Morgan fingerprint density at radius 3 is 2.59 bits per heavy atom. The first-order valence-corrected chi connectivity index (χ1v) is 7.68. The molecular formula is C17H24N4O. The summed E-state index contributed by atoms with van der Waals surface area (Å²) in [5.41, 5.74) is 1.02. The van der Waals surface area contributed by atoms with Crippen LogP contribution in [0.3, 0.4) is 0 Å². The van der Waals surface area contributed by atoms with Gasteiger partial charge in [0.05, 0.1) is 6.61 Å². The van der Waals surface area contributed by atoms with E-state index in [-0.39, 0.29) is 0 Å². The normalized spacial score (nSPS) is 11.5. The molecule has 0 aliphatic carbocycles. The maximum absolute atomic E-state index is 5.75. The lowest BCUT2D eigenvalue weighted by Gasteiger charge is -2.12. The summed E-state index contributed by atoms with van der Waals surface area (Å²) in [6.45, 7) is 2.96. The summed E-state index contributed by atoms with van der Waals surface area (Å²) >= 11 is 0. The molecule has 0 bridgehead atoms. The van der Waals surface area contributed by atoms with Gasteiger partial charge in [0.25, 0.3) is 0 Å². The number of hydrogen-bond donors (Lipinski definition) is 0. The molecule has 1 aromatic carbocycles. The van der Waals surface area contributed by atoms with Crippen LogP contribution >= 0.6 is 0 Å². The van der Waals surface area contributed by atoms with E-state index in [1.165, 1.54) is 12.8 Å². The van der Waals surface area contributed by atoms with Gasteiger partial charge in [-0.1, -0.05) is 19.8 Å². The Balaban J connectivity index is 2.10. The van der Waals surface area contributed by atoms with Crippen LogP contribution in [0.15, 0.2) is 48.1 Å². The van der Waals surface area contributed by atoms with Crippen molar-refractivity contribution in [3.63, 3.8) is 0 Å². The highest BCUT2D eigenvalue weighted by Crippen LogP contribution is 2.14. The Bertz CT molecular complexity index is 573. The molecule has 2 rings (SSSR count). The highest BCUT2D eigenvalue weighted by atomic mass is 16.5. The number of imidazole rings is 1. The van der Waals surface area contributed by atoms with Crippen LogP contribution < -0.4 is 4.74 Å². The molecular weight excluding hydrogens is 276 g/mol. The average molecular weight is 300 g/mol. The van der Waals surface area contributed by atoms with E-state index in [1.807, 2.05) is 49.1 Å². The minimum atomic E-state index is 0.771. The number of unbranched alkanes of at least 4 members (excludes halogenated alkanes) is 2. The van der Waals surface area contributed by atoms with Crippen molar-refractivity contribution in [1.29, 1.82) is 0 Å². The molecule has 0 amide bonds. The summed E-state index contributed by atoms with van der Waals surface area (Å²) in [6, 6.07) is 8.03. The van der Waals surface area contributed by atoms with E-state index in [2.05, 4.69) is 17.0 Å². The van der Waals surface area contributed by atoms with Gasteiger partial charge in [0.2, 0.25) is 0 Å². The maximum Gasteiger partial charge on any atom is 0.165 e. The number of rotatable bonds is 7. The zero-order valence-electron chi connectivity index (χ0n) is 13.6. The van der Waals surface area contributed by atoms with E-state index in [1.54, 1.807) is 17.5 Å². The van der Waals surface area contributed by atoms with E-state index >= 15 is 0 Å². The molecule has 2 aromatic rings. The van der Waals surface area contributed by atoms with Crippen LogP contribution in [0.2, 0.25) is 0 Å². The topological polar surface area (TPSA) is 42.6 Å². The predicted molar refractivity (Wildman–Crippen MR) is 89.3 cm³/mol. The highest BCUT2D eigenvalue weighted by Gasteiger charge is 2.07. The van der Waals surface area contributed by atoms with Gasteiger partial charge in [-0.3, -0.25) is 4.57 Å². The quantitative estimate of drug-likeness (QED) is 0.341. The van der Waals surface area contributed by atoms with Gasteiger partial charge < -0.3 is 9.75 Å². The van der Waals surface area contributed by atoms with Gasteiger partial charge in [0, 0.05) is 32.1 Å².